The summed E-state index contributed by atoms with van der Waals surface area (Å²) in [7, 11) is 0. The van der Waals surface area contributed by atoms with Crippen LogP contribution in [0.15, 0.2) is 90.1 Å². The molecule has 0 aliphatic rings. The van der Waals surface area contributed by atoms with Gasteiger partial charge >= 0.3 is 5.97 Å². The predicted octanol–water partition coefficient (Wildman–Crippen LogP) is 2.51. The van der Waals surface area contributed by atoms with E-state index in [1.807, 2.05) is 30.3 Å². The summed E-state index contributed by atoms with van der Waals surface area (Å²) < 4.78 is 3.22. The van der Waals surface area contributed by atoms with Crippen molar-refractivity contribution in [3.63, 3.8) is 0 Å². The largest absolute Gasteiger partial charge is 0.478 e. The lowest BCUT2D eigenvalue weighted by Gasteiger charge is -2.07. The Morgan fingerprint density at radius 1 is 0.857 bits per heavy atom. The number of benzene rings is 2. The van der Waals surface area contributed by atoms with Crippen molar-refractivity contribution in [3.8, 4) is 0 Å². The number of hydrogen-bond acceptors (Lipinski definition) is 5. The first-order valence-corrected chi connectivity index (χ1v) is 10.4. The maximum absolute atomic E-state index is 11.7. The lowest BCUT2D eigenvalue weighted by Crippen LogP contribution is -2.18. The van der Waals surface area contributed by atoms with Gasteiger partial charge in [0.1, 0.15) is 0 Å². The Labute approximate surface area is 208 Å². The molecule has 9 nitrogen and oxygen atoms in total. The van der Waals surface area contributed by atoms with E-state index in [0.29, 0.717) is 25.2 Å². The monoisotopic (exact) mass is 495 g/mol. The number of pyridine rings is 1. The smallest absolute Gasteiger partial charge is 0.338 e. The highest BCUT2D eigenvalue weighted by Gasteiger charge is 2.06. The third-order valence-electron chi connectivity index (χ3n) is 4.97. The van der Waals surface area contributed by atoms with Crippen LogP contribution in [0.2, 0.25) is 0 Å². The molecule has 10 heteroatoms. The van der Waals surface area contributed by atoms with Gasteiger partial charge in [-0.15, -0.1) is 12.4 Å². The molecule has 4 rings (SSSR count). The summed E-state index contributed by atoms with van der Waals surface area (Å²) in [6, 6.07) is 19.8. The molecule has 0 atom stereocenters. The lowest BCUT2D eigenvalue weighted by atomic mass is 10.1. The van der Waals surface area contributed by atoms with Crippen molar-refractivity contribution in [2.45, 2.75) is 19.6 Å². The minimum Gasteiger partial charge on any atom is -0.478 e. The number of amides is 1. The minimum absolute atomic E-state index is 0. The van der Waals surface area contributed by atoms with Gasteiger partial charge in [0.25, 0.3) is 5.56 Å². The van der Waals surface area contributed by atoms with Crippen LogP contribution in [-0.2, 0) is 19.6 Å². The van der Waals surface area contributed by atoms with Crippen LogP contribution < -0.4 is 17.0 Å². The van der Waals surface area contributed by atoms with Gasteiger partial charge in [-0.2, -0.15) is 5.10 Å². The van der Waals surface area contributed by atoms with Gasteiger partial charge in [0.15, 0.2) is 0 Å². The number of carbonyl (C=O) groups is 2. The Kier molecular flexibility index (Phi) is 9.95. The molecule has 5 N–H and O–H groups in total. The average Bonchev–Trinajstić information content (AvgIpc) is 3.31. The molecule has 2 aromatic heterocycles. The molecule has 0 aliphatic heterocycles. The molecule has 0 radical (unpaired) electrons. The zero-order valence-electron chi connectivity index (χ0n) is 18.8. The molecule has 0 saturated heterocycles. The molecule has 0 spiro atoms. The molecule has 4 aromatic rings. The molecular weight excluding hydrogens is 470 g/mol. The van der Waals surface area contributed by atoms with Crippen molar-refractivity contribution in [2.24, 2.45) is 11.5 Å². The zero-order valence-corrected chi connectivity index (χ0v) is 19.6. The van der Waals surface area contributed by atoms with E-state index in [1.165, 1.54) is 18.5 Å². The molecule has 0 fully saturated rings. The standard InChI is InChI=1S/C17H15N3O3.C8H10N2O.ClH/c21-16-3-1-2-8-19(16)10-13-4-6-14(7-5-13)11-20-12-15(9-18-20)17(22)23;9-5-6-1-3-7(4-2-6)8(10)11;/h1-9,12H,10-11H2,(H,22,23);1-4H,5,9H2,(H2,10,11);1H. The van der Waals surface area contributed by atoms with E-state index in [1.54, 1.807) is 45.8 Å². The van der Waals surface area contributed by atoms with Crippen molar-refractivity contribution >= 4 is 24.3 Å². The minimum atomic E-state index is -0.986. The fraction of sp³-hybridized carbons (Fsp3) is 0.120. The van der Waals surface area contributed by atoms with E-state index in [4.69, 9.17) is 16.6 Å². The highest BCUT2D eigenvalue weighted by atomic mass is 35.5. The fourth-order valence-electron chi connectivity index (χ4n) is 3.09. The van der Waals surface area contributed by atoms with Crippen LogP contribution in [0.5, 0.6) is 0 Å². The first-order chi connectivity index (χ1) is 16.4. The van der Waals surface area contributed by atoms with Crippen molar-refractivity contribution < 1.29 is 14.7 Å². The van der Waals surface area contributed by atoms with Crippen molar-refractivity contribution in [1.29, 1.82) is 0 Å². The highest BCUT2D eigenvalue weighted by Crippen LogP contribution is 2.08. The number of carboxylic acid groups (broad SMARTS) is 1. The van der Waals surface area contributed by atoms with Gasteiger partial charge < -0.3 is 21.1 Å². The maximum atomic E-state index is 11.7. The summed E-state index contributed by atoms with van der Waals surface area (Å²) in [4.78, 5) is 33.1. The average molecular weight is 496 g/mol. The lowest BCUT2D eigenvalue weighted by molar-refractivity contribution is 0.0696. The van der Waals surface area contributed by atoms with Crippen LogP contribution in [0.1, 0.15) is 37.4 Å². The topological polar surface area (TPSA) is 146 Å². The second-order valence-electron chi connectivity index (χ2n) is 7.48. The van der Waals surface area contributed by atoms with Crippen LogP contribution in [-0.4, -0.2) is 31.3 Å². The van der Waals surface area contributed by atoms with Crippen molar-refractivity contribution in [1.82, 2.24) is 14.3 Å². The number of aromatic carboxylic acids is 1. The molecule has 0 saturated carbocycles. The number of nitrogens with two attached hydrogens (primary N) is 2. The third-order valence-corrected chi connectivity index (χ3v) is 4.97. The van der Waals surface area contributed by atoms with Crippen LogP contribution >= 0.6 is 12.4 Å². The summed E-state index contributed by atoms with van der Waals surface area (Å²) in [5.41, 5.74) is 14.1. The Bertz CT molecular complexity index is 1310. The number of rotatable bonds is 7. The van der Waals surface area contributed by atoms with E-state index in [2.05, 4.69) is 5.10 Å². The second kappa shape index (κ2) is 12.9. The number of hydrogen-bond donors (Lipinski definition) is 3. The highest BCUT2D eigenvalue weighted by molar-refractivity contribution is 5.92. The van der Waals surface area contributed by atoms with E-state index >= 15 is 0 Å². The van der Waals surface area contributed by atoms with E-state index in [0.717, 1.165) is 16.7 Å². The van der Waals surface area contributed by atoms with Gasteiger partial charge in [-0.3, -0.25) is 14.3 Å². The summed E-state index contributed by atoms with van der Waals surface area (Å²) in [6.45, 7) is 1.50. The summed E-state index contributed by atoms with van der Waals surface area (Å²) in [5.74, 6) is -1.39. The molecule has 1 amide bonds. The molecule has 0 bridgehead atoms. The Morgan fingerprint density at radius 3 is 1.97 bits per heavy atom. The number of nitrogens with zero attached hydrogens (tertiary/aromatic N) is 3. The van der Waals surface area contributed by atoms with Crippen molar-refractivity contribution in [3.05, 3.63) is 123 Å². The second-order valence-corrected chi connectivity index (χ2v) is 7.48. The number of carboxylic acids is 1. The van der Waals surface area contributed by atoms with Gasteiger partial charge in [-0.1, -0.05) is 42.5 Å². The quantitative estimate of drug-likeness (QED) is 0.359. The first-order valence-electron chi connectivity index (χ1n) is 10.4. The van der Waals surface area contributed by atoms with Gasteiger partial charge in [0.05, 0.1) is 24.8 Å². The normalized spacial score (nSPS) is 9.97. The summed E-state index contributed by atoms with van der Waals surface area (Å²) in [6.07, 6.45) is 4.59. The van der Waals surface area contributed by atoms with Gasteiger partial charge in [-0.25, -0.2) is 4.79 Å². The van der Waals surface area contributed by atoms with Crippen LogP contribution in [0, 0.1) is 0 Å². The zero-order chi connectivity index (χ0) is 24.5. The summed E-state index contributed by atoms with van der Waals surface area (Å²) >= 11 is 0. The van der Waals surface area contributed by atoms with Crippen molar-refractivity contribution in [2.75, 3.05) is 0 Å². The molecule has 0 aliphatic carbocycles. The fourth-order valence-corrected chi connectivity index (χ4v) is 3.09. The van der Waals surface area contributed by atoms with Crippen LogP contribution in [0.25, 0.3) is 0 Å². The Balaban J connectivity index is 0.000000305. The molecule has 0 unspecified atom stereocenters. The SMILES string of the molecule is Cl.NCc1ccc(C(N)=O)cc1.O=C(O)c1cnn(Cc2ccc(Cn3ccccc3=O)cc2)c1. The Morgan fingerprint density at radius 2 is 1.46 bits per heavy atom. The van der Waals surface area contributed by atoms with E-state index < -0.39 is 11.9 Å². The number of primary amides is 1. The van der Waals surface area contributed by atoms with Crippen LogP contribution in [0.3, 0.4) is 0 Å². The first kappa shape index (κ1) is 27.0. The number of aromatic nitrogens is 3. The third kappa shape index (κ3) is 7.95. The van der Waals surface area contributed by atoms with Gasteiger partial charge in [0, 0.05) is 30.6 Å². The van der Waals surface area contributed by atoms with E-state index in [-0.39, 0.29) is 23.5 Å². The van der Waals surface area contributed by atoms with E-state index in [9.17, 15) is 14.4 Å². The van der Waals surface area contributed by atoms with Crippen LogP contribution in [0.4, 0.5) is 0 Å². The maximum Gasteiger partial charge on any atom is 0.338 e. The molecule has 182 valence electrons. The Hall–Kier alpha value is -4.21. The molecule has 2 heterocycles. The van der Waals surface area contributed by atoms with Gasteiger partial charge in [-0.05, 0) is 34.9 Å². The predicted molar refractivity (Wildman–Crippen MR) is 135 cm³/mol. The number of carbonyl (C=O) groups excluding carboxylic acids is 1. The van der Waals surface area contributed by atoms with Gasteiger partial charge in [0.2, 0.25) is 5.91 Å². The molecule has 2 aromatic carbocycles. The number of halogens is 1. The molecule has 35 heavy (non-hydrogen) atoms. The molecular formula is C25H26ClN5O4. The summed E-state index contributed by atoms with van der Waals surface area (Å²) in [5, 5.41) is 12.9.